The Balaban J connectivity index is 1.76. The summed E-state index contributed by atoms with van der Waals surface area (Å²) in [6.07, 6.45) is 6.87. The highest BCUT2D eigenvalue weighted by molar-refractivity contribution is 5.97. The van der Waals surface area contributed by atoms with Gasteiger partial charge in [0.25, 0.3) is 5.91 Å². The van der Waals surface area contributed by atoms with Gasteiger partial charge in [0.05, 0.1) is 5.69 Å². The third-order valence-electron chi connectivity index (χ3n) is 3.56. The van der Waals surface area contributed by atoms with Crippen LogP contribution in [0.4, 0.5) is 0 Å². The van der Waals surface area contributed by atoms with Crippen LogP contribution in [0.25, 0.3) is 10.9 Å². The fraction of sp³-hybridized carbons (Fsp3) is 0.176. The number of hydrogen-bond donors (Lipinski definition) is 2. The lowest BCUT2D eigenvalue weighted by Gasteiger charge is -2.06. The molecule has 1 aromatic carbocycles. The van der Waals surface area contributed by atoms with Crippen LogP contribution in [0.2, 0.25) is 0 Å². The van der Waals surface area contributed by atoms with E-state index < -0.39 is 5.91 Å². The Morgan fingerprint density at radius 3 is 2.96 bits per heavy atom. The van der Waals surface area contributed by atoms with E-state index in [0.29, 0.717) is 18.4 Å². The zero-order chi connectivity index (χ0) is 16.2. The van der Waals surface area contributed by atoms with Crippen molar-refractivity contribution in [3.8, 4) is 0 Å². The van der Waals surface area contributed by atoms with Crippen LogP contribution in [0.1, 0.15) is 21.6 Å². The van der Waals surface area contributed by atoms with E-state index in [0.717, 1.165) is 16.8 Å². The molecular weight excluding hydrogens is 292 g/mol. The Kier molecular flexibility index (Phi) is 4.14. The molecule has 0 saturated heterocycles. The molecule has 0 spiro atoms. The van der Waals surface area contributed by atoms with Gasteiger partial charge in [0.15, 0.2) is 0 Å². The number of aromatic amines is 1. The number of nitrogens with zero attached hydrogens (tertiary/aromatic N) is 2. The Morgan fingerprint density at radius 1 is 1.30 bits per heavy atom. The number of benzene rings is 1. The second kappa shape index (κ2) is 6.39. The molecule has 0 unspecified atom stereocenters. The molecule has 116 valence electrons. The molecule has 6 heteroatoms. The first kappa shape index (κ1) is 14.9. The van der Waals surface area contributed by atoms with Crippen molar-refractivity contribution in [2.75, 3.05) is 6.54 Å². The summed E-state index contributed by atoms with van der Waals surface area (Å²) in [6.45, 7) is 2.30. The summed E-state index contributed by atoms with van der Waals surface area (Å²) in [5.74, 6) is -0.390. The molecule has 0 atom stereocenters. The molecule has 0 saturated carbocycles. The van der Waals surface area contributed by atoms with Crippen molar-refractivity contribution in [2.45, 2.75) is 13.3 Å². The SMILES string of the molecule is Cc1ccc2[nH]cc(C(=O)NCCc3cnccn3)c(=O)c2c1. The van der Waals surface area contributed by atoms with Gasteiger partial charge in [-0.25, -0.2) is 0 Å². The van der Waals surface area contributed by atoms with Crippen molar-refractivity contribution < 1.29 is 4.79 Å². The average molecular weight is 308 g/mol. The molecule has 2 heterocycles. The van der Waals surface area contributed by atoms with E-state index >= 15 is 0 Å². The van der Waals surface area contributed by atoms with Crippen LogP contribution in [-0.4, -0.2) is 27.4 Å². The second-order valence-corrected chi connectivity index (χ2v) is 5.28. The van der Waals surface area contributed by atoms with Gasteiger partial charge >= 0.3 is 0 Å². The molecule has 0 bridgehead atoms. The highest BCUT2D eigenvalue weighted by Crippen LogP contribution is 2.10. The molecule has 0 aliphatic rings. The minimum Gasteiger partial charge on any atom is -0.360 e. The lowest BCUT2D eigenvalue weighted by Crippen LogP contribution is -2.30. The maximum absolute atomic E-state index is 12.5. The quantitative estimate of drug-likeness (QED) is 0.766. The molecule has 0 aliphatic carbocycles. The number of hydrogen-bond acceptors (Lipinski definition) is 4. The Hall–Kier alpha value is -3.02. The third kappa shape index (κ3) is 3.26. The zero-order valence-corrected chi connectivity index (χ0v) is 12.7. The first-order valence-electron chi connectivity index (χ1n) is 7.30. The first-order valence-corrected chi connectivity index (χ1v) is 7.30. The van der Waals surface area contributed by atoms with Gasteiger partial charge in [-0.15, -0.1) is 0 Å². The molecule has 0 radical (unpaired) electrons. The zero-order valence-electron chi connectivity index (χ0n) is 12.7. The average Bonchev–Trinajstić information content (AvgIpc) is 2.56. The summed E-state index contributed by atoms with van der Waals surface area (Å²) in [5.41, 5.74) is 2.33. The number of fused-ring (bicyclic) bond motifs is 1. The van der Waals surface area contributed by atoms with E-state index in [4.69, 9.17) is 0 Å². The lowest BCUT2D eigenvalue weighted by atomic mass is 10.1. The third-order valence-corrected chi connectivity index (χ3v) is 3.56. The van der Waals surface area contributed by atoms with Crippen molar-refractivity contribution in [3.05, 3.63) is 70.0 Å². The Bertz CT molecular complexity index is 903. The van der Waals surface area contributed by atoms with E-state index in [1.165, 1.54) is 6.20 Å². The topological polar surface area (TPSA) is 87.7 Å². The molecule has 2 aromatic heterocycles. The molecule has 6 nitrogen and oxygen atoms in total. The molecule has 0 fully saturated rings. The molecule has 3 rings (SSSR count). The number of aromatic nitrogens is 3. The summed E-state index contributed by atoms with van der Waals surface area (Å²) < 4.78 is 0. The largest absolute Gasteiger partial charge is 0.360 e. The monoisotopic (exact) mass is 308 g/mol. The van der Waals surface area contributed by atoms with Gasteiger partial charge in [0.2, 0.25) is 5.43 Å². The molecule has 1 amide bonds. The summed E-state index contributed by atoms with van der Waals surface area (Å²) >= 11 is 0. The van der Waals surface area contributed by atoms with Crippen LogP contribution in [0.15, 0.2) is 47.8 Å². The van der Waals surface area contributed by atoms with Crippen LogP contribution < -0.4 is 10.7 Å². The Labute approximate surface area is 132 Å². The van der Waals surface area contributed by atoms with Gasteiger partial charge in [-0.2, -0.15) is 0 Å². The minimum atomic E-state index is -0.390. The predicted molar refractivity (Wildman–Crippen MR) is 87.4 cm³/mol. The van der Waals surface area contributed by atoms with Crippen molar-refractivity contribution in [3.63, 3.8) is 0 Å². The van der Waals surface area contributed by atoms with Crippen LogP contribution in [0.5, 0.6) is 0 Å². The van der Waals surface area contributed by atoms with E-state index in [1.807, 2.05) is 19.1 Å². The number of rotatable bonds is 4. The standard InChI is InChI=1S/C17H16N4O2/c1-11-2-3-15-13(8-11)16(22)14(10-21-15)17(23)20-5-4-12-9-18-6-7-19-12/h2-3,6-10H,4-5H2,1H3,(H,20,23)(H,21,22). The number of nitrogens with one attached hydrogen (secondary N) is 2. The molecule has 3 aromatic rings. The first-order chi connectivity index (χ1) is 11.1. The smallest absolute Gasteiger partial charge is 0.256 e. The van der Waals surface area contributed by atoms with Gasteiger partial charge in [0.1, 0.15) is 5.56 Å². The van der Waals surface area contributed by atoms with Crippen LogP contribution in [-0.2, 0) is 6.42 Å². The highest BCUT2D eigenvalue weighted by atomic mass is 16.2. The molecule has 2 N–H and O–H groups in total. The van der Waals surface area contributed by atoms with Gasteiger partial charge in [-0.05, 0) is 19.1 Å². The second-order valence-electron chi connectivity index (χ2n) is 5.28. The van der Waals surface area contributed by atoms with E-state index in [9.17, 15) is 9.59 Å². The minimum absolute atomic E-state index is 0.113. The van der Waals surface area contributed by atoms with Gasteiger partial charge in [-0.3, -0.25) is 19.6 Å². The summed E-state index contributed by atoms with van der Waals surface area (Å²) in [7, 11) is 0. The highest BCUT2D eigenvalue weighted by Gasteiger charge is 2.12. The summed E-state index contributed by atoms with van der Waals surface area (Å²) in [6, 6.07) is 5.53. The number of carbonyl (C=O) groups excluding carboxylic acids is 1. The van der Waals surface area contributed by atoms with Crippen LogP contribution in [0, 0.1) is 6.92 Å². The van der Waals surface area contributed by atoms with Crippen molar-refractivity contribution in [1.82, 2.24) is 20.3 Å². The van der Waals surface area contributed by atoms with Crippen LogP contribution in [0.3, 0.4) is 0 Å². The summed E-state index contributed by atoms with van der Waals surface area (Å²) in [4.78, 5) is 35.8. The maximum atomic E-state index is 12.5. The maximum Gasteiger partial charge on any atom is 0.256 e. The predicted octanol–water partition coefficient (Wildman–Crippen LogP) is 1.60. The van der Waals surface area contributed by atoms with Crippen molar-refractivity contribution in [1.29, 1.82) is 0 Å². The fourth-order valence-corrected chi connectivity index (χ4v) is 2.36. The molecule has 23 heavy (non-hydrogen) atoms. The lowest BCUT2D eigenvalue weighted by molar-refractivity contribution is 0.0953. The van der Waals surface area contributed by atoms with Crippen molar-refractivity contribution in [2.24, 2.45) is 0 Å². The number of carbonyl (C=O) groups is 1. The normalized spacial score (nSPS) is 10.7. The van der Waals surface area contributed by atoms with E-state index in [-0.39, 0.29) is 11.0 Å². The van der Waals surface area contributed by atoms with E-state index in [2.05, 4.69) is 20.3 Å². The Morgan fingerprint density at radius 2 is 2.17 bits per heavy atom. The number of aryl methyl sites for hydroxylation is 1. The fourth-order valence-electron chi connectivity index (χ4n) is 2.36. The number of H-pyrrole nitrogens is 1. The van der Waals surface area contributed by atoms with Gasteiger partial charge in [-0.1, -0.05) is 11.6 Å². The van der Waals surface area contributed by atoms with Crippen LogP contribution >= 0.6 is 0 Å². The van der Waals surface area contributed by atoms with Gasteiger partial charge in [0, 0.05) is 48.7 Å². The van der Waals surface area contributed by atoms with E-state index in [1.54, 1.807) is 24.7 Å². The molecule has 0 aliphatic heterocycles. The number of amides is 1. The van der Waals surface area contributed by atoms with Crippen molar-refractivity contribution >= 4 is 16.8 Å². The van der Waals surface area contributed by atoms with Gasteiger partial charge < -0.3 is 10.3 Å². The summed E-state index contributed by atoms with van der Waals surface area (Å²) in [5, 5.41) is 3.26. The molecular formula is C17H16N4O2. The number of pyridine rings is 1.